The topological polar surface area (TPSA) is 70.7 Å². The minimum Gasteiger partial charge on any atom is -0.493 e. The molecule has 2 rings (SSSR count). The van der Waals surface area contributed by atoms with Crippen molar-refractivity contribution in [2.45, 2.75) is 34.1 Å². The number of ether oxygens (including phenoxy) is 1. The first-order valence-corrected chi connectivity index (χ1v) is 11.9. The van der Waals surface area contributed by atoms with Crippen LogP contribution in [0.25, 0.3) is 0 Å². The van der Waals surface area contributed by atoms with Gasteiger partial charge in [0.15, 0.2) is 5.11 Å². The summed E-state index contributed by atoms with van der Waals surface area (Å²) in [5.41, 5.74) is 1.56. The van der Waals surface area contributed by atoms with Crippen molar-refractivity contribution < 1.29 is 14.3 Å². The van der Waals surface area contributed by atoms with Gasteiger partial charge in [-0.05, 0) is 74.8 Å². The Labute approximate surface area is 203 Å². The number of anilines is 1. The van der Waals surface area contributed by atoms with Crippen LogP contribution in [0.15, 0.2) is 46.9 Å². The molecule has 0 unspecified atom stereocenters. The fraction of sp³-hybridized carbons (Fsp3) is 0.375. The molecule has 0 radical (unpaired) electrons. The molecule has 0 bridgehead atoms. The largest absolute Gasteiger partial charge is 0.493 e. The summed E-state index contributed by atoms with van der Waals surface area (Å²) < 4.78 is 6.59. The van der Waals surface area contributed by atoms with Crippen LogP contribution in [0.1, 0.15) is 54.8 Å². The highest BCUT2D eigenvalue weighted by atomic mass is 79.9. The van der Waals surface area contributed by atoms with Crippen LogP contribution in [0, 0.1) is 5.92 Å². The van der Waals surface area contributed by atoms with Gasteiger partial charge in [0.25, 0.3) is 11.8 Å². The Kier molecular flexibility index (Phi) is 10.1. The number of hydrogen-bond acceptors (Lipinski definition) is 4. The van der Waals surface area contributed by atoms with E-state index in [0.717, 1.165) is 10.9 Å². The van der Waals surface area contributed by atoms with Crippen LogP contribution >= 0.6 is 28.1 Å². The van der Waals surface area contributed by atoms with Crippen LogP contribution in [0.5, 0.6) is 5.75 Å². The Balaban J connectivity index is 2.08. The smallest absolute Gasteiger partial charge is 0.261 e. The van der Waals surface area contributed by atoms with Crippen molar-refractivity contribution in [1.82, 2.24) is 10.2 Å². The second-order valence-corrected chi connectivity index (χ2v) is 8.96. The highest BCUT2D eigenvalue weighted by Gasteiger charge is 2.16. The third kappa shape index (κ3) is 7.60. The van der Waals surface area contributed by atoms with Gasteiger partial charge >= 0.3 is 0 Å². The predicted molar refractivity (Wildman–Crippen MR) is 136 cm³/mol. The van der Waals surface area contributed by atoms with Crippen molar-refractivity contribution in [3.05, 3.63) is 58.1 Å². The molecule has 0 spiro atoms. The Bertz CT molecular complexity index is 961. The second-order valence-electron chi connectivity index (χ2n) is 7.64. The quantitative estimate of drug-likeness (QED) is 0.429. The van der Waals surface area contributed by atoms with Gasteiger partial charge in [0, 0.05) is 28.8 Å². The molecule has 2 N–H and O–H groups in total. The molecule has 0 aliphatic heterocycles. The Morgan fingerprint density at radius 1 is 1.12 bits per heavy atom. The molecule has 2 amide bonds. The molecule has 32 heavy (non-hydrogen) atoms. The van der Waals surface area contributed by atoms with E-state index >= 15 is 0 Å². The predicted octanol–water partition coefficient (Wildman–Crippen LogP) is 5.48. The summed E-state index contributed by atoms with van der Waals surface area (Å²) >= 11 is 8.73. The zero-order valence-electron chi connectivity index (χ0n) is 18.9. The van der Waals surface area contributed by atoms with Crippen molar-refractivity contribution in [3.8, 4) is 5.75 Å². The van der Waals surface area contributed by atoms with Gasteiger partial charge in [-0.3, -0.25) is 14.9 Å². The zero-order chi connectivity index (χ0) is 23.7. The Morgan fingerprint density at radius 3 is 2.50 bits per heavy atom. The third-order valence-corrected chi connectivity index (χ3v) is 5.48. The molecule has 0 aliphatic rings. The first-order valence-electron chi connectivity index (χ1n) is 10.7. The summed E-state index contributed by atoms with van der Waals surface area (Å²) in [6.45, 7) is 9.91. The molecule has 2 aromatic carbocycles. The molecule has 0 saturated heterocycles. The fourth-order valence-corrected chi connectivity index (χ4v) is 3.54. The highest BCUT2D eigenvalue weighted by molar-refractivity contribution is 9.10. The fourth-order valence-electron chi connectivity index (χ4n) is 2.97. The van der Waals surface area contributed by atoms with E-state index in [1.807, 2.05) is 19.9 Å². The van der Waals surface area contributed by atoms with Gasteiger partial charge in [0.2, 0.25) is 0 Å². The maximum atomic E-state index is 12.9. The number of halogens is 1. The van der Waals surface area contributed by atoms with Gasteiger partial charge in [0.1, 0.15) is 5.75 Å². The number of thiocarbonyl (C=S) groups is 1. The van der Waals surface area contributed by atoms with Crippen molar-refractivity contribution in [2.24, 2.45) is 5.92 Å². The summed E-state index contributed by atoms with van der Waals surface area (Å²) in [7, 11) is 0. The van der Waals surface area contributed by atoms with Gasteiger partial charge in [-0.25, -0.2) is 0 Å². The lowest BCUT2D eigenvalue weighted by Crippen LogP contribution is -2.34. The number of benzene rings is 2. The molecule has 172 valence electrons. The summed E-state index contributed by atoms with van der Waals surface area (Å²) in [5, 5.41) is 5.81. The maximum Gasteiger partial charge on any atom is 0.261 e. The van der Waals surface area contributed by atoms with E-state index in [0.29, 0.717) is 48.2 Å². The normalized spacial score (nSPS) is 10.6. The van der Waals surface area contributed by atoms with Crippen LogP contribution < -0.4 is 15.4 Å². The Hall–Kier alpha value is -2.45. The molecule has 2 aromatic rings. The second kappa shape index (κ2) is 12.6. The molecule has 8 heteroatoms. The van der Waals surface area contributed by atoms with E-state index in [1.165, 1.54) is 0 Å². The van der Waals surface area contributed by atoms with Gasteiger partial charge in [-0.2, -0.15) is 0 Å². The highest BCUT2D eigenvalue weighted by Crippen LogP contribution is 2.24. The van der Waals surface area contributed by atoms with Crippen molar-refractivity contribution in [2.75, 3.05) is 25.0 Å². The number of amides is 2. The van der Waals surface area contributed by atoms with Crippen LogP contribution in [0.4, 0.5) is 5.69 Å². The average Bonchev–Trinajstić information content (AvgIpc) is 2.75. The summed E-state index contributed by atoms with van der Waals surface area (Å²) in [5.74, 6) is 0.578. The summed E-state index contributed by atoms with van der Waals surface area (Å²) in [6, 6.07) is 12.3. The first-order chi connectivity index (χ1) is 15.2. The number of hydrogen-bond donors (Lipinski definition) is 2. The zero-order valence-corrected chi connectivity index (χ0v) is 21.3. The first kappa shape index (κ1) is 25.8. The molecular weight excluding hydrogens is 490 g/mol. The minimum atomic E-state index is -0.376. The van der Waals surface area contributed by atoms with E-state index in [1.54, 1.807) is 41.3 Å². The average molecular weight is 520 g/mol. The molecule has 0 fully saturated rings. The van der Waals surface area contributed by atoms with Gasteiger partial charge in [-0.1, -0.05) is 35.8 Å². The third-order valence-electron chi connectivity index (χ3n) is 4.78. The molecule has 0 aromatic heterocycles. The molecule has 0 saturated carbocycles. The van der Waals surface area contributed by atoms with Gasteiger partial charge in [0.05, 0.1) is 12.2 Å². The number of nitrogens with zero attached hydrogens (tertiary/aromatic N) is 1. The molecule has 6 nitrogen and oxygen atoms in total. The maximum absolute atomic E-state index is 12.9. The summed E-state index contributed by atoms with van der Waals surface area (Å²) in [4.78, 5) is 27.2. The number of carbonyl (C=O) groups is 2. The lowest BCUT2D eigenvalue weighted by atomic mass is 10.1. The lowest BCUT2D eigenvalue weighted by Gasteiger charge is -2.19. The number of rotatable bonds is 9. The number of carbonyl (C=O) groups excluding carboxylic acids is 2. The standard InChI is InChI=1S/C24H30BrN3O3S/c1-5-28(6-2)23(30)17-8-7-9-19(14-17)26-24(32)27-22(29)20-15-18(25)10-11-21(20)31-13-12-16(3)4/h7-11,14-16H,5-6,12-13H2,1-4H3,(H2,26,27,29,32). The SMILES string of the molecule is CCN(CC)C(=O)c1cccc(NC(=S)NC(=O)c2cc(Br)ccc2OCCC(C)C)c1. The number of nitrogens with one attached hydrogen (secondary N) is 2. The van der Waals surface area contributed by atoms with E-state index in [4.69, 9.17) is 17.0 Å². The lowest BCUT2D eigenvalue weighted by molar-refractivity contribution is 0.0772. The molecule has 0 heterocycles. The van der Waals surface area contributed by atoms with Gasteiger partial charge in [-0.15, -0.1) is 0 Å². The van der Waals surface area contributed by atoms with E-state index in [2.05, 4.69) is 40.4 Å². The van der Waals surface area contributed by atoms with Crippen molar-refractivity contribution in [1.29, 1.82) is 0 Å². The van der Waals surface area contributed by atoms with Crippen LogP contribution in [-0.4, -0.2) is 41.5 Å². The van der Waals surface area contributed by atoms with Crippen molar-refractivity contribution in [3.63, 3.8) is 0 Å². The van der Waals surface area contributed by atoms with E-state index < -0.39 is 0 Å². The van der Waals surface area contributed by atoms with Crippen molar-refractivity contribution >= 4 is 50.8 Å². The summed E-state index contributed by atoms with van der Waals surface area (Å²) in [6.07, 6.45) is 0.889. The molecule has 0 aliphatic carbocycles. The molecular formula is C24H30BrN3O3S. The van der Waals surface area contributed by atoms with Crippen LogP contribution in [0.3, 0.4) is 0 Å². The van der Waals surface area contributed by atoms with Crippen LogP contribution in [0.2, 0.25) is 0 Å². The van der Waals surface area contributed by atoms with E-state index in [9.17, 15) is 9.59 Å². The van der Waals surface area contributed by atoms with Gasteiger partial charge < -0.3 is 15.0 Å². The Morgan fingerprint density at radius 2 is 1.84 bits per heavy atom. The monoisotopic (exact) mass is 519 g/mol. The van der Waals surface area contributed by atoms with E-state index in [-0.39, 0.29) is 16.9 Å². The molecule has 0 atom stereocenters. The van der Waals surface area contributed by atoms with Crippen LogP contribution in [-0.2, 0) is 0 Å². The minimum absolute atomic E-state index is 0.0501.